The van der Waals surface area contributed by atoms with E-state index in [4.69, 9.17) is 4.74 Å². The minimum absolute atomic E-state index is 0.0354. The summed E-state index contributed by atoms with van der Waals surface area (Å²) in [6.45, 7) is 8.20. The number of piperazine rings is 1. The molecule has 8 heteroatoms. The third-order valence-corrected chi connectivity index (χ3v) is 7.08. The molecule has 1 heterocycles. The molecule has 0 radical (unpaired) electrons. The molecule has 1 saturated heterocycles. The number of halogens is 1. The predicted octanol–water partition coefficient (Wildman–Crippen LogP) is 5.39. The molecule has 1 fully saturated rings. The molecule has 1 aliphatic rings. The number of ether oxygens (including phenoxy) is 1. The molecular formula is C29H32FN3O4. The molecule has 1 amide bonds. The highest BCUT2D eigenvalue weighted by molar-refractivity contribution is 5.78. The van der Waals surface area contributed by atoms with Crippen molar-refractivity contribution in [1.82, 2.24) is 9.80 Å². The molecule has 3 aromatic carbocycles. The largest absolute Gasteiger partial charge is 0.484 e. The number of amides is 1. The predicted molar refractivity (Wildman–Crippen MR) is 140 cm³/mol. The minimum atomic E-state index is -0.406. The van der Waals surface area contributed by atoms with E-state index in [0.29, 0.717) is 12.3 Å². The second kappa shape index (κ2) is 11.5. The van der Waals surface area contributed by atoms with Crippen molar-refractivity contribution in [2.45, 2.75) is 45.3 Å². The Balaban J connectivity index is 1.29. The summed E-state index contributed by atoms with van der Waals surface area (Å²) in [5.41, 5.74) is 3.15. The maximum atomic E-state index is 13.2. The van der Waals surface area contributed by atoms with E-state index >= 15 is 0 Å². The molecule has 1 unspecified atom stereocenters. The summed E-state index contributed by atoms with van der Waals surface area (Å²) in [7, 11) is 0. The van der Waals surface area contributed by atoms with Gasteiger partial charge in [0.1, 0.15) is 11.6 Å². The van der Waals surface area contributed by atoms with Crippen LogP contribution in [0.4, 0.5) is 10.1 Å². The van der Waals surface area contributed by atoms with E-state index in [0.717, 1.165) is 29.8 Å². The summed E-state index contributed by atoms with van der Waals surface area (Å²) in [6, 6.07) is 20.9. The Morgan fingerprint density at radius 2 is 1.57 bits per heavy atom. The Bertz CT molecular complexity index is 1220. The summed E-state index contributed by atoms with van der Waals surface area (Å²) in [5, 5.41) is 10.9. The van der Waals surface area contributed by atoms with Crippen molar-refractivity contribution in [3.8, 4) is 5.75 Å². The van der Waals surface area contributed by atoms with Crippen LogP contribution in [0.25, 0.3) is 0 Å². The van der Waals surface area contributed by atoms with Gasteiger partial charge in [0.2, 0.25) is 0 Å². The van der Waals surface area contributed by atoms with E-state index in [1.54, 1.807) is 24.3 Å². The quantitative estimate of drug-likeness (QED) is 0.303. The lowest BCUT2D eigenvalue weighted by molar-refractivity contribution is -0.384. The van der Waals surface area contributed by atoms with E-state index in [9.17, 15) is 19.3 Å². The van der Waals surface area contributed by atoms with Gasteiger partial charge in [0.15, 0.2) is 6.61 Å². The number of rotatable bonds is 8. The van der Waals surface area contributed by atoms with Crippen LogP contribution in [0.3, 0.4) is 0 Å². The van der Waals surface area contributed by atoms with Gasteiger partial charge in [0.05, 0.1) is 4.92 Å². The van der Waals surface area contributed by atoms with Crippen LogP contribution >= 0.6 is 0 Å². The SMILES string of the molecule is CC(c1ccc(OCC(=O)N2C[C@H](C)N(Cc3ccc(F)cc3)C[C@H]2C)cc1)c1ccc([N+](=O)[O-])cc1. The number of non-ortho nitro benzene ring substituents is 1. The van der Waals surface area contributed by atoms with Gasteiger partial charge in [-0.15, -0.1) is 0 Å². The molecule has 194 valence electrons. The molecule has 7 nitrogen and oxygen atoms in total. The van der Waals surface area contributed by atoms with Crippen molar-refractivity contribution in [2.75, 3.05) is 19.7 Å². The smallest absolute Gasteiger partial charge is 0.269 e. The Kier molecular flexibility index (Phi) is 8.18. The number of nitro groups is 1. The molecule has 1 aliphatic heterocycles. The van der Waals surface area contributed by atoms with Gasteiger partial charge in [-0.1, -0.05) is 43.3 Å². The Morgan fingerprint density at radius 3 is 2.16 bits per heavy atom. The first-order valence-electron chi connectivity index (χ1n) is 12.5. The fourth-order valence-electron chi connectivity index (χ4n) is 4.75. The zero-order chi connectivity index (χ0) is 26.5. The molecule has 37 heavy (non-hydrogen) atoms. The van der Waals surface area contributed by atoms with Gasteiger partial charge in [-0.2, -0.15) is 0 Å². The Morgan fingerprint density at radius 1 is 0.973 bits per heavy atom. The molecule has 0 aromatic heterocycles. The average molecular weight is 506 g/mol. The zero-order valence-electron chi connectivity index (χ0n) is 21.3. The first kappa shape index (κ1) is 26.3. The Hall–Kier alpha value is -3.78. The fraction of sp³-hybridized carbons (Fsp3) is 0.345. The maximum absolute atomic E-state index is 13.2. The number of hydrogen-bond donors (Lipinski definition) is 0. The van der Waals surface area contributed by atoms with Crippen molar-refractivity contribution in [1.29, 1.82) is 0 Å². The topological polar surface area (TPSA) is 75.9 Å². The normalized spacial score (nSPS) is 18.9. The van der Waals surface area contributed by atoms with Crippen LogP contribution in [-0.2, 0) is 11.3 Å². The van der Waals surface area contributed by atoms with Crippen molar-refractivity contribution in [3.63, 3.8) is 0 Å². The van der Waals surface area contributed by atoms with Crippen molar-refractivity contribution >= 4 is 11.6 Å². The van der Waals surface area contributed by atoms with E-state index in [-0.39, 0.29) is 42.0 Å². The van der Waals surface area contributed by atoms with Crippen LogP contribution < -0.4 is 4.74 Å². The lowest BCUT2D eigenvalue weighted by atomic mass is 9.93. The molecule has 0 spiro atoms. The maximum Gasteiger partial charge on any atom is 0.269 e. The van der Waals surface area contributed by atoms with Crippen molar-refractivity contribution < 1.29 is 18.8 Å². The number of nitro benzene ring substituents is 1. The van der Waals surface area contributed by atoms with Gasteiger partial charge >= 0.3 is 0 Å². The summed E-state index contributed by atoms with van der Waals surface area (Å²) in [6.07, 6.45) is 0. The Labute approximate surface area is 216 Å². The number of carbonyl (C=O) groups is 1. The van der Waals surface area contributed by atoms with Crippen LogP contribution in [0.5, 0.6) is 5.75 Å². The highest BCUT2D eigenvalue weighted by atomic mass is 19.1. The standard InChI is InChI=1S/C29H32FN3O4/c1-20-17-32(21(2)16-31(20)18-23-4-10-26(30)11-5-23)29(34)19-37-28-14-8-25(9-15-28)22(3)24-6-12-27(13-7-24)33(35)36/h4-15,20-22H,16-19H2,1-3H3/t20-,21+,22?/m0/s1. The highest BCUT2D eigenvalue weighted by Crippen LogP contribution is 2.27. The molecule has 0 saturated carbocycles. The van der Waals surface area contributed by atoms with Crippen LogP contribution in [-0.4, -0.2) is 52.4 Å². The number of benzene rings is 3. The van der Waals surface area contributed by atoms with Gasteiger partial charge in [-0.25, -0.2) is 4.39 Å². The average Bonchev–Trinajstić information content (AvgIpc) is 2.90. The van der Waals surface area contributed by atoms with E-state index in [1.165, 1.54) is 24.3 Å². The first-order chi connectivity index (χ1) is 17.7. The minimum Gasteiger partial charge on any atom is -0.484 e. The van der Waals surface area contributed by atoms with Gasteiger partial charge in [-0.05, 0) is 54.8 Å². The van der Waals surface area contributed by atoms with E-state index in [2.05, 4.69) is 11.8 Å². The number of carbonyl (C=O) groups excluding carboxylic acids is 1. The second-order valence-electron chi connectivity index (χ2n) is 9.73. The molecular weight excluding hydrogens is 473 g/mol. The molecule has 4 rings (SSSR count). The molecule has 3 aromatic rings. The highest BCUT2D eigenvalue weighted by Gasteiger charge is 2.32. The summed E-state index contributed by atoms with van der Waals surface area (Å²) < 4.78 is 19.0. The lowest BCUT2D eigenvalue weighted by Gasteiger charge is -2.44. The summed E-state index contributed by atoms with van der Waals surface area (Å²) >= 11 is 0. The number of nitrogens with zero attached hydrogens (tertiary/aromatic N) is 3. The van der Waals surface area contributed by atoms with Crippen LogP contribution in [0.1, 0.15) is 43.4 Å². The number of hydrogen-bond acceptors (Lipinski definition) is 5. The third kappa shape index (κ3) is 6.51. The molecule has 0 aliphatic carbocycles. The van der Waals surface area contributed by atoms with Gasteiger partial charge in [-0.3, -0.25) is 19.8 Å². The first-order valence-corrected chi connectivity index (χ1v) is 12.5. The monoisotopic (exact) mass is 505 g/mol. The lowest BCUT2D eigenvalue weighted by Crippen LogP contribution is -2.58. The molecule has 3 atom stereocenters. The van der Waals surface area contributed by atoms with Crippen LogP contribution in [0, 0.1) is 15.9 Å². The molecule has 0 bridgehead atoms. The van der Waals surface area contributed by atoms with Crippen molar-refractivity contribution in [3.05, 3.63) is 105 Å². The van der Waals surface area contributed by atoms with E-state index in [1.807, 2.05) is 43.0 Å². The van der Waals surface area contributed by atoms with Gasteiger partial charge < -0.3 is 9.64 Å². The fourth-order valence-corrected chi connectivity index (χ4v) is 4.75. The van der Waals surface area contributed by atoms with Gasteiger partial charge in [0.25, 0.3) is 11.6 Å². The summed E-state index contributed by atoms with van der Waals surface area (Å²) in [5.74, 6) is 0.381. The third-order valence-electron chi connectivity index (χ3n) is 7.08. The van der Waals surface area contributed by atoms with Crippen molar-refractivity contribution in [2.24, 2.45) is 0 Å². The molecule has 0 N–H and O–H groups in total. The second-order valence-corrected chi connectivity index (χ2v) is 9.73. The zero-order valence-corrected chi connectivity index (χ0v) is 21.3. The summed E-state index contributed by atoms with van der Waals surface area (Å²) in [4.78, 5) is 27.6. The van der Waals surface area contributed by atoms with E-state index < -0.39 is 4.92 Å². The van der Waals surface area contributed by atoms with Gasteiger partial charge in [0, 0.05) is 49.8 Å². The van der Waals surface area contributed by atoms with Crippen LogP contribution in [0.15, 0.2) is 72.8 Å². The van der Waals surface area contributed by atoms with Crippen LogP contribution in [0.2, 0.25) is 0 Å².